The molecular formula is C11H23N3. The zero-order valence-corrected chi connectivity index (χ0v) is 9.42. The standard InChI is InChI=1S/C11H23N3/c1-13-10(11(12)5-6-11)9-3-7-14(2)8-4-9/h9-10,13H,3-8,12H2,1-2H3. The van der Waals surface area contributed by atoms with Crippen molar-refractivity contribution >= 4 is 0 Å². The van der Waals surface area contributed by atoms with Gasteiger partial charge in [-0.2, -0.15) is 0 Å². The number of piperidine rings is 1. The minimum absolute atomic E-state index is 0.134. The van der Waals surface area contributed by atoms with E-state index in [2.05, 4.69) is 24.3 Å². The summed E-state index contributed by atoms with van der Waals surface area (Å²) in [5, 5.41) is 3.45. The lowest BCUT2D eigenvalue weighted by atomic mass is 9.84. The van der Waals surface area contributed by atoms with Crippen molar-refractivity contribution < 1.29 is 0 Å². The first-order valence-electron chi connectivity index (χ1n) is 5.80. The molecule has 0 aromatic rings. The third-order valence-electron chi connectivity index (χ3n) is 3.99. The average molecular weight is 197 g/mol. The van der Waals surface area contributed by atoms with Gasteiger partial charge in [-0.05, 0) is 58.8 Å². The highest BCUT2D eigenvalue weighted by atomic mass is 15.1. The first-order valence-corrected chi connectivity index (χ1v) is 5.80. The Morgan fingerprint density at radius 3 is 2.36 bits per heavy atom. The molecule has 3 N–H and O–H groups in total. The maximum Gasteiger partial charge on any atom is 0.0313 e. The summed E-state index contributed by atoms with van der Waals surface area (Å²) in [5.41, 5.74) is 6.42. The molecule has 0 amide bonds. The van der Waals surface area contributed by atoms with Gasteiger partial charge >= 0.3 is 0 Å². The number of nitrogens with one attached hydrogen (secondary N) is 1. The maximum absolute atomic E-state index is 6.29. The van der Waals surface area contributed by atoms with E-state index < -0.39 is 0 Å². The van der Waals surface area contributed by atoms with Crippen LogP contribution in [0.2, 0.25) is 0 Å². The van der Waals surface area contributed by atoms with Gasteiger partial charge in [0.05, 0.1) is 0 Å². The Labute approximate surface area is 87.0 Å². The van der Waals surface area contributed by atoms with Gasteiger partial charge in [-0.15, -0.1) is 0 Å². The summed E-state index contributed by atoms with van der Waals surface area (Å²) < 4.78 is 0. The second-order valence-electron chi connectivity index (χ2n) is 5.14. The zero-order valence-electron chi connectivity index (χ0n) is 9.42. The molecule has 1 heterocycles. The van der Waals surface area contributed by atoms with Crippen LogP contribution >= 0.6 is 0 Å². The summed E-state index contributed by atoms with van der Waals surface area (Å²) in [6.07, 6.45) is 5.04. The molecule has 1 aliphatic carbocycles. The SMILES string of the molecule is CNC(C1CCN(C)CC1)C1(N)CC1. The van der Waals surface area contributed by atoms with E-state index in [0.29, 0.717) is 6.04 Å². The predicted octanol–water partition coefficient (Wildman–Crippen LogP) is 0.408. The molecule has 0 radical (unpaired) electrons. The monoisotopic (exact) mass is 197 g/mol. The largest absolute Gasteiger partial charge is 0.324 e. The normalized spacial score (nSPS) is 30.2. The van der Waals surface area contributed by atoms with Crippen LogP contribution in [0.5, 0.6) is 0 Å². The van der Waals surface area contributed by atoms with Crippen molar-refractivity contribution in [2.75, 3.05) is 27.2 Å². The van der Waals surface area contributed by atoms with Crippen LogP contribution in [0.4, 0.5) is 0 Å². The van der Waals surface area contributed by atoms with Crippen LogP contribution in [0.1, 0.15) is 25.7 Å². The lowest BCUT2D eigenvalue weighted by molar-refractivity contribution is 0.171. The van der Waals surface area contributed by atoms with Crippen LogP contribution in [0.3, 0.4) is 0 Å². The van der Waals surface area contributed by atoms with E-state index in [-0.39, 0.29) is 5.54 Å². The van der Waals surface area contributed by atoms with Crippen LogP contribution in [0, 0.1) is 5.92 Å². The summed E-state index contributed by atoms with van der Waals surface area (Å²) in [6, 6.07) is 0.552. The topological polar surface area (TPSA) is 41.3 Å². The Morgan fingerprint density at radius 1 is 1.36 bits per heavy atom. The average Bonchev–Trinajstić information content (AvgIpc) is 2.89. The molecule has 2 fully saturated rings. The molecule has 14 heavy (non-hydrogen) atoms. The molecule has 0 bridgehead atoms. The van der Waals surface area contributed by atoms with E-state index in [1.165, 1.54) is 38.8 Å². The number of nitrogens with two attached hydrogens (primary N) is 1. The molecule has 0 aromatic heterocycles. The van der Waals surface area contributed by atoms with E-state index in [1.54, 1.807) is 0 Å². The molecule has 82 valence electrons. The van der Waals surface area contributed by atoms with E-state index in [4.69, 9.17) is 5.73 Å². The fourth-order valence-electron chi connectivity index (χ4n) is 2.81. The number of hydrogen-bond donors (Lipinski definition) is 2. The summed E-state index contributed by atoms with van der Waals surface area (Å²) >= 11 is 0. The highest BCUT2D eigenvalue weighted by Gasteiger charge is 2.48. The number of nitrogens with zero attached hydrogens (tertiary/aromatic N) is 1. The van der Waals surface area contributed by atoms with Crippen molar-refractivity contribution in [3.63, 3.8) is 0 Å². The molecule has 0 aromatic carbocycles. The molecule has 3 heteroatoms. The van der Waals surface area contributed by atoms with Crippen LogP contribution in [0.25, 0.3) is 0 Å². The number of hydrogen-bond acceptors (Lipinski definition) is 3. The summed E-state index contributed by atoms with van der Waals surface area (Å²) in [7, 11) is 4.27. The molecule has 1 saturated carbocycles. The Hall–Kier alpha value is -0.120. The van der Waals surface area contributed by atoms with Crippen molar-refractivity contribution in [1.29, 1.82) is 0 Å². The molecule has 0 spiro atoms. The van der Waals surface area contributed by atoms with Gasteiger partial charge < -0.3 is 16.0 Å². The van der Waals surface area contributed by atoms with Gasteiger partial charge in [0.2, 0.25) is 0 Å². The lowest BCUT2D eigenvalue weighted by Crippen LogP contribution is -2.52. The van der Waals surface area contributed by atoms with Crippen molar-refractivity contribution in [1.82, 2.24) is 10.2 Å². The van der Waals surface area contributed by atoms with Gasteiger partial charge in [0.25, 0.3) is 0 Å². The van der Waals surface area contributed by atoms with Gasteiger partial charge in [0, 0.05) is 11.6 Å². The smallest absolute Gasteiger partial charge is 0.0313 e. The molecule has 1 saturated heterocycles. The van der Waals surface area contributed by atoms with Crippen molar-refractivity contribution in [3.05, 3.63) is 0 Å². The molecule has 2 rings (SSSR count). The second-order valence-corrected chi connectivity index (χ2v) is 5.14. The van der Waals surface area contributed by atoms with Gasteiger partial charge in [-0.1, -0.05) is 0 Å². The Morgan fingerprint density at radius 2 is 1.93 bits per heavy atom. The van der Waals surface area contributed by atoms with E-state index in [1.807, 2.05) is 0 Å². The summed E-state index contributed by atoms with van der Waals surface area (Å²) in [6.45, 7) is 2.47. The minimum atomic E-state index is 0.134. The van der Waals surface area contributed by atoms with Gasteiger partial charge in [-0.25, -0.2) is 0 Å². The van der Waals surface area contributed by atoms with Crippen LogP contribution in [-0.4, -0.2) is 43.7 Å². The minimum Gasteiger partial charge on any atom is -0.324 e. The third kappa shape index (κ3) is 1.95. The van der Waals surface area contributed by atoms with Crippen LogP contribution in [-0.2, 0) is 0 Å². The molecule has 1 atom stereocenters. The van der Waals surface area contributed by atoms with E-state index >= 15 is 0 Å². The van der Waals surface area contributed by atoms with Gasteiger partial charge in [0.1, 0.15) is 0 Å². The molecule has 2 aliphatic rings. The van der Waals surface area contributed by atoms with Crippen molar-refractivity contribution in [2.24, 2.45) is 11.7 Å². The number of rotatable bonds is 3. The summed E-state index contributed by atoms with van der Waals surface area (Å²) in [4.78, 5) is 2.42. The predicted molar refractivity (Wildman–Crippen MR) is 59.2 cm³/mol. The van der Waals surface area contributed by atoms with Gasteiger partial charge in [0.15, 0.2) is 0 Å². The molecule has 3 nitrogen and oxygen atoms in total. The van der Waals surface area contributed by atoms with Crippen LogP contribution in [0.15, 0.2) is 0 Å². The molecule has 1 aliphatic heterocycles. The lowest BCUT2D eigenvalue weighted by Gasteiger charge is -2.37. The first kappa shape index (κ1) is 10.4. The maximum atomic E-state index is 6.29. The first-order chi connectivity index (χ1) is 6.65. The van der Waals surface area contributed by atoms with E-state index in [0.717, 1.165) is 5.92 Å². The Bertz CT molecular complexity index is 193. The van der Waals surface area contributed by atoms with Gasteiger partial charge in [-0.3, -0.25) is 0 Å². The highest BCUT2D eigenvalue weighted by Crippen LogP contribution is 2.40. The van der Waals surface area contributed by atoms with Crippen LogP contribution < -0.4 is 11.1 Å². The van der Waals surface area contributed by atoms with Crippen molar-refractivity contribution in [3.8, 4) is 0 Å². The third-order valence-corrected chi connectivity index (χ3v) is 3.99. The Kier molecular flexibility index (Phi) is 2.82. The fraction of sp³-hybridized carbons (Fsp3) is 1.00. The quantitative estimate of drug-likeness (QED) is 0.688. The fourth-order valence-corrected chi connectivity index (χ4v) is 2.81. The number of likely N-dealkylation sites (tertiary alicyclic amines) is 1. The molecular weight excluding hydrogens is 174 g/mol. The highest BCUT2D eigenvalue weighted by molar-refractivity contribution is 5.09. The zero-order chi connectivity index (χ0) is 10.2. The Balaban J connectivity index is 1.92. The van der Waals surface area contributed by atoms with E-state index in [9.17, 15) is 0 Å². The molecule has 1 unspecified atom stereocenters. The summed E-state index contributed by atoms with van der Waals surface area (Å²) in [5.74, 6) is 0.795. The second kappa shape index (κ2) is 3.80. The number of likely N-dealkylation sites (N-methyl/N-ethyl adjacent to an activating group) is 1. The van der Waals surface area contributed by atoms with Crippen molar-refractivity contribution in [2.45, 2.75) is 37.3 Å².